The molecule has 0 radical (unpaired) electrons. The molecule has 0 aliphatic heterocycles. The van der Waals surface area contributed by atoms with Crippen molar-refractivity contribution >= 4 is 76.3 Å². The second-order valence-electron chi connectivity index (χ2n) is 3.55. The molecule has 0 aromatic carbocycles. The first kappa shape index (κ1) is 16.6. The third-order valence-electron chi connectivity index (χ3n) is 2.18. The third-order valence-corrected chi connectivity index (χ3v) is 6.49. The fourth-order valence-corrected chi connectivity index (χ4v) is 6.32. The molecule has 2 heterocycles. The summed E-state index contributed by atoms with van der Waals surface area (Å²) in [6.07, 6.45) is 0. The lowest BCUT2D eigenvalue weighted by Gasteiger charge is -2.07. The van der Waals surface area contributed by atoms with E-state index in [1.807, 2.05) is 0 Å². The minimum absolute atomic E-state index is 0.0598. The third kappa shape index (κ3) is 3.72. The molecule has 0 saturated carbocycles. The molecule has 0 amide bonds. The zero-order valence-electron chi connectivity index (χ0n) is 9.71. The predicted octanol–water partition coefficient (Wildman–Crippen LogP) is 4.03. The number of pyridine rings is 1. The van der Waals surface area contributed by atoms with E-state index in [-0.39, 0.29) is 10.0 Å². The Labute approximate surface area is 144 Å². The number of nitrogens with one attached hydrogen (secondary N) is 1. The van der Waals surface area contributed by atoms with Crippen molar-refractivity contribution in [1.29, 1.82) is 0 Å². The highest BCUT2D eigenvalue weighted by molar-refractivity contribution is 9.12. The van der Waals surface area contributed by atoms with E-state index in [1.165, 1.54) is 12.1 Å². The van der Waals surface area contributed by atoms with E-state index in [0.717, 1.165) is 17.4 Å². The second-order valence-corrected chi connectivity index (χ2v) is 9.34. The topological polar surface area (TPSA) is 102 Å². The van der Waals surface area contributed by atoms with Gasteiger partial charge in [-0.3, -0.25) is 14.8 Å². The highest BCUT2D eigenvalue weighted by atomic mass is 79.9. The van der Waals surface area contributed by atoms with Crippen molar-refractivity contribution in [1.82, 2.24) is 4.98 Å². The Morgan fingerprint density at radius 3 is 2.57 bits per heavy atom. The number of rotatable bonds is 4. The zero-order chi connectivity index (χ0) is 15.8. The van der Waals surface area contributed by atoms with Crippen LogP contribution in [0.2, 0.25) is 5.15 Å². The number of aromatic nitrogens is 1. The maximum atomic E-state index is 12.3. The lowest BCUT2D eigenvalue weighted by atomic mass is 10.4. The zero-order valence-corrected chi connectivity index (χ0v) is 15.3. The lowest BCUT2D eigenvalue weighted by molar-refractivity contribution is -0.384. The maximum Gasteiger partial charge on any atom is 0.312 e. The first-order valence-corrected chi connectivity index (χ1v) is 9.25. The Kier molecular flexibility index (Phi) is 4.88. The summed E-state index contributed by atoms with van der Waals surface area (Å²) >= 11 is 13.1. The van der Waals surface area contributed by atoms with Gasteiger partial charge in [0.2, 0.25) is 5.82 Å². The summed E-state index contributed by atoms with van der Waals surface area (Å²) in [5.41, 5.74) is -0.492. The number of sulfonamides is 1. The van der Waals surface area contributed by atoms with Gasteiger partial charge in [0, 0.05) is 6.07 Å². The van der Waals surface area contributed by atoms with Crippen LogP contribution in [-0.4, -0.2) is 18.3 Å². The Balaban J connectivity index is 2.48. The van der Waals surface area contributed by atoms with Crippen LogP contribution < -0.4 is 4.72 Å². The molecule has 0 aliphatic rings. The maximum absolute atomic E-state index is 12.3. The van der Waals surface area contributed by atoms with Crippen LogP contribution in [0.3, 0.4) is 0 Å². The van der Waals surface area contributed by atoms with Crippen molar-refractivity contribution in [2.24, 2.45) is 0 Å². The Bertz CT molecular complexity index is 824. The number of nitrogens with zero attached hydrogens (tertiary/aromatic N) is 2. The van der Waals surface area contributed by atoms with Crippen LogP contribution in [0.25, 0.3) is 0 Å². The molecule has 0 saturated heterocycles. The highest BCUT2D eigenvalue weighted by Gasteiger charge is 2.25. The summed E-state index contributed by atoms with van der Waals surface area (Å²) in [4.78, 5) is 13.7. The molecule has 7 nitrogen and oxygen atoms in total. The number of halogens is 3. The number of hydrogen-bond donors (Lipinski definition) is 1. The first-order chi connectivity index (χ1) is 9.70. The standard InChI is InChI=1S/C9H4Br2ClN3O4S2/c10-6-3-5(8(11)20-6)21(18,19)14-9-4(15(16)17)1-2-7(12)13-9/h1-3H,(H,13,14). The molecule has 0 spiro atoms. The average molecular weight is 478 g/mol. The lowest BCUT2D eigenvalue weighted by Crippen LogP contribution is -2.15. The van der Waals surface area contributed by atoms with E-state index in [1.54, 1.807) is 0 Å². The van der Waals surface area contributed by atoms with Gasteiger partial charge in [0.15, 0.2) is 0 Å². The number of nitro groups is 1. The van der Waals surface area contributed by atoms with Gasteiger partial charge >= 0.3 is 5.69 Å². The predicted molar refractivity (Wildman–Crippen MR) is 86.4 cm³/mol. The quantitative estimate of drug-likeness (QED) is 0.407. The van der Waals surface area contributed by atoms with Crippen LogP contribution >= 0.6 is 54.8 Å². The van der Waals surface area contributed by atoms with E-state index >= 15 is 0 Å². The summed E-state index contributed by atoms with van der Waals surface area (Å²) in [6, 6.07) is 3.65. The molecular formula is C9H4Br2ClN3O4S2. The Hall–Kier alpha value is -0.750. The van der Waals surface area contributed by atoms with Crippen LogP contribution in [0.15, 0.2) is 30.7 Å². The molecule has 0 unspecified atom stereocenters. The van der Waals surface area contributed by atoms with Crippen LogP contribution in [-0.2, 0) is 10.0 Å². The molecule has 12 heteroatoms. The van der Waals surface area contributed by atoms with Gasteiger partial charge in [0.1, 0.15) is 10.0 Å². The molecule has 112 valence electrons. The fourth-order valence-electron chi connectivity index (χ4n) is 1.34. The molecule has 2 aromatic heterocycles. The normalized spacial score (nSPS) is 11.4. The van der Waals surface area contributed by atoms with E-state index in [4.69, 9.17) is 11.6 Å². The van der Waals surface area contributed by atoms with Gasteiger partial charge in [-0.1, -0.05) is 11.6 Å². The number of hydrogen-bond acceptors (Lipinski definition) is 6. The van der Waals surface area contributed by atoms with Crippen molar-refractivity contribution in [3.8, 4) is 0 Å². The number of thiophene rings is 1. The van der Waals surface area contributed by atoms with Gasteiger partial charge < -0.3 is 0 Å². The minimum Gasteiger partial charge on any atom is -0.258 e. The molecular weight excluding hydrogens is 474 g/mol. The summed E-state index contributed by atoms with van der Waals surface area (Å²) in [6.45, 7) is 0. The van der Waals surface area contributed by atoms with Crippen LogP contribution in [0.5, 0.6) is 0 Å². The summed E-state index contributed by atoms with van der Waals surface area (Å²) < 4.78 is 27.5. The number of anilines is 1. The first-order valence-electron chi connectivity index (χ1n) is 4.99. The molecule has 21 heavy (non-hydrogen) atoms. The molecule has 0 bridgehead atoms. The van der Waals surface area contributed by atoms with Crippen molar-refractivity contribution in [2.75, 3.05) is 4.72 Å². The molecule has 0 atom stereocenters. The van der Waals surface area contributed by atoms with E-state index < -0.39 is 26.5 Å². The van der Waals surface area contributed by atoms with Gasteiger partial charge in [0.05, 0.1) is 12.5 Å². The Morgan fingerprint density at radius 1 is 1.38 bits per heavy atom. The van der Waals surface area contributed by atoms with E-state index in [0.29, 0.717) is 7.57 Å². The fraction of sp³-hybridized carbons (Fsp3) is 0. The SMILES string of the molecule is O=[N+]([O-])c1ccc(Cl)nc1NS(=O)(=O)c1cc(Br)sc1Br. The summed E-state index contributed by atoms with van der Waals surface area (Å²) in [5.74, 6) is -0.443. The van der Waals surface area contributed by atoms with Crippen LogP contribution in [0, 0.1) is 10.1 Å². The molecule has 2 rings (SSSR count). The minimum atomic E-state index is -4.04. The van der Waals surface area contributed by atoms with E-state index in [9.17, 15) is 18.5 Å². The largest absolute Gasteiger partial charge is 0.312 e. The Morgan fingerprint density at radius 2 is 2.05 bits per heavy atom. The van der Waals surface area contributed by atoms with Crippen molar-refractivity contribution in [3.63, 3.8) is 0 Å². The van der Waals surface area contributed by atoms with Crippen LogP contribution in [0.4, 0.5) is 11.5 Å². The highest BCUT2D eigenvalue weighted by Crippen LogP contribution is 2.36. The molecule has 1 N–H and O–H groups in total. The van der Waals surface area contributed by atoms with E-state index in [2.05, 4.69) is 41.6 Å². The van der Waals surface area contributed by atoms with Crippen molar-refractivity contribution in [3.05, 3.63) is 41.0 Å². The van der Waals surface area contributed by atoms with Crippen molar-refractivity contribution in [2.45, 2.75) is 4.90 Å². The van der Waals surface area contributed by atoms with Gasteiger partial charge in [-0.05, 0) is 44.0 Å². The molecule has 0 aliphatic carbocycles. The summed E-state index contributed by atoms with van der Waals surface area (Å²) in [7, 11) is -4.04. The van der Waals surface area contributed by atoms with Gasteiger partial charge in [-0.15, -0.1) is 11.3 Å². The monoisotopic (exact) mass is 475 g/mol. The van der Waals surface area contributed by atoms with Gasteiger partial charge in [-0.25, -0.2) is 13.4 Å². The average Bonchev–Trinajstić information content (AvgIpc) is 2.68. The molecule has 2 aromatic rings. The van der Waals surface area contributed by atoms with Crippen molar-refractivity contribution < 1.29 is 13.3 Å². The second kappa shape index (κ2) is 6.16. The molecule has 0 fully saturated rings. The summed E-state index contributed by atoms with van der Waals surface area (Å²) in [5, 5.41) is 10.8. The van der Waals surface area contributed by atoms with Crippen LogP contribution in [0.1, 0.15) is 0 Å². The van der Waals surface area contributed by atoms with Gasteiger partial charge in [-0.2, -0.15) is 0 Å². The van der Waals surface area contributed by atoms with Gasteiger partial charge in [0.25, 0.3) is 10.0 Å². The smallest absolute Gasteiger partial charge is 0.258 e.